The van der Waals surface area contributed by atoms with Crippen molar-refractivity contribution >= 4 is 33.4 Å². The minimum Gasteiger partial charge on any atom is -0.493 e. The van der Waals surface area contributed by atoms with Gasteiger partial charge in [0.15, 0.2) is 11.5 Å². The number of carbonyl (C=O) groups is 3. The number of nitrogens with zero attached hydrogens (tertiary/aromatic N) is 4. The van der Waals surface area contributed by atoms with Crippen molar-refractivity contribution in [2.45, 2.75) is 37.2 Å². The van der Waals surface area contributed by atoms with E-state index in [4.69, 9.17) is 14.2 Å². The lowest BCUT2D eigenvalue weighted by Crippen LogP contribution is -2.51. The molecule has 14 nitrogen and oxygen atoms in total. The number of anilines is 1. The average molecular weight is 717 g/mol. The molecule has 51 heavy (non-hydrogen) atoms. The number of carbonyl (C=O) groups excluding carboxylic acids is 3. The first-order valence-electron chi connectivity index (χ1n) is 16.6. The lowest BCUT2D eigenvalue weighted by Gasteiger charge is -2.30. The van der Waals surface area contributed by atoms with Crippen molar-refractivity contribution in [1.82, 2.24) is 24.5 Å². The highest BCUT2D eigenvalue weighted by Gasteiger charge is 2.31. The zero-order valence-corrected chi connectivity index (χ0v) is 29.2. The number of benzene rings is 3. The first kappa shape index (κ1) is 35.4. The summed E-state index contributed by atoms with van der Waals surface area (Å²) in [5.41, 5.74) is 1.91. The van der Waals surface area contributed by atoms with Crippen molar-refractivity contribution in [3.8, 4) is 28.6 Å². The van der Waals surface area contributed by atoms with E-state index in [9.17, 15) is 22.8 Å². The molecule has 0 spiro atoms. The standard InChI is InChI=1S/C36H40N6O8S/c1-25(43)42-18-20-50-31-12-10-28(23-30(31)42)51(46,47)41-15-6-19-49-33-22-27(9-11-32(33)48-2)35-37-13-16-40(35)17-14-38-36(45)29(39-34(44)24-41)21-26-7-4-3-5-8-26/h3-5,7-13,16,22-23,29H,6,14-15,17-21,24H2,1-2H3,(H,38,45)(H,39,44)/t29-/m0/s1. The highest BCUT2D eigenvalue weighted by molar-refractivity contribution is 7.89. The smallest absolute Gasteiger partial charge is 0.243 e. The number of sulfonamides is 1. The van der Waals surface area contributed by atoms with Crippen LogP contribution in [-0.4, -0.2) is 92.5 Å². The van der Waals surface area contributed by atoms with Gasteiger partial charge in [-0.25, -0.2) is 13.4 Å². The van der Waals surface area contributed by atoms with Crippen LogP contribution in [0.3, 0.4) is 0 Å². The van der Waals surface area contributed by atoms with Crippen molar-refractivity contribution in [2.75, 3.05) is 51.4 Å². The molecular formula is C36H40N6O8S. The summed E-state index contributed by atoms with van der Waals surface area (Å²) in [4.78, 5) is 45.5. The number of methoxy groups -OCH3 is 1. The van der Waals surface area contributed by atoms with Crippen LogP contribution in [0.25, 0.3) is 11.4 Å². The molecule has 1 aromatic heterocycles. The van der Waals surface area contributed by atoms with Gasteiger partial charge in [-0.2, -0.15) is 4.31 Å². The molecule has 2 N–H and O–H groups in total. The summed E-state index contributed by atoms with van der Waals surface area (Å²) in [5.74, 6) is 0.635. The van der Waals surface area contributed by atoms with Crippen LogP contribution in [0.5, 0.6) is 17.2 Å². The maximum absolute atomic E-state index is 14.2. The second-order valence-electron chi connectivity index (χ2n) is 12.1. The Labute approximate surface area is 296 Å². The van der Waals surface area contributed by atoms with E-state index < -0.39 is 34.4 Å². The van der Waals surface area contributed by atoms with E-state index in [2.05, 4.69) is 15.6 Å². The molecular weight excluding hydrogens is 676 g/mol. The molecule has 1 atom stereocenters. The summed E-state index contributed by atoms with van der Waals surface area (Å²) in [6.07, 6.45) is 3.88. The molecule has 6 rings (SSSR count). The van der Waals surface area contributed by atoms with Crippen LogP contribution in [0.2, 0.25) is 0 Å². The topological polar surface area (TPSA) is 161 Å². The van der Waals surface area contributed by atoms with Crippen molar-refractivity contribution in [3.05, 3.63) is 84.7 Å². The van der Waals surface area contributed by atoms with E-state index >= 15 is 0 Å². The third kappa shape index (κ3) is 8.15. The third-order valence-electron chi connectivity index (χ3n) is 8.66. The summed E-state index contributed by atoms with van der Waals surface area (Å²) in [6.45, 7) is 2.01. The summed E-state index contributed by atoms with van der Waals surface area (Å²) in [7, 11) is -2.78. The quantitative estimate of drug-likeness (QED) is 0.317. The second-order valence-corrected chi connectivity index (χ2v) is 14.0. The van der Waals surface area contributed by atoms with E-state index in [1.54, 1.807) is 18.3 Å². The summed E-state index contributed by atoms with van der Waals surface area (Å²) >= 11 is 0. The fourth-order valence-electron chi connectivity index (χ4n) is 6.10. The number of fused-ring (bicyclic) bond motifs is 5. The molecule has 2 bridgehead atoms. The molecule has 0 saturated carbocycles. The Kier molecular flexibility index (Phi) is 10.9. The first-order chi connectivity index (χ1) is 24.6. The monoisotopic (exact) mass is 716 g/mol. The molecule has 268 valence electrons. The zero-order chi connectivity index (χ0) is 36.0. The maximum Gasteiger partial charge on any atom is 0.243 e. The van der Waals surface area contributed by atoms with Crippen LogP contribution in [0.15, 0.2) is 84.0 Å². The van der Waals surface area contributed by atoms with Crippen molar-refractivity contribution in [3.63, 3.8) is 0 Å². The Balaban J connectivity index is 1.33. The van der Waals surface area contributed by atoms with Gasteiger partial charge < -0.3 is 34.3 Å². The van der Waals surface area contributed by atoms with Gasteiger partial charge in [0, 0.05) is 50.9 Å². The molecule has 2 aliphatic rings. The number of aromatic nitrogens is 2. The van der Waals surface area contributed by atoms with Crippen molar-refractivity contribution in [1.29, 1.82) is 0 Å². The van der Waals surface area contributed by atoms with Gasteiger partial charge in [-0.15, -0.1) is 0 Å². The molecule has 0 saturated heterocycles. The van der Waals surface area contributed by atoms with Crippen LogP contribution < -0.4 is 29.7 Å². The minimum atomic E-state index is -4.30. The predicted octanol–water partition coefficient (Wildman–Crippen LogP) is 2.62. The molecule has 0 unspecified atom stereocenters. The number of hydrogen-bond acceptors (Lipinski definition) is 9. The van der Waals surface area contributed by atoms with Crippen LogP contribution in [0.4, 0.5) is 5.69 Å². The summed E-state index contributed by atoms with van der Waals surface area (Å²) in [6, 6.07) is 18.0. The van der Waals surface area contributed by atoms with Crippen molar-refractivity contribution < 1.29 is 37.0 Å². The minimum absolute atomic E-state index is 0.0943. The summed E-state index contributed by atoms with van der Waals surface area (Å²) in [5, 5.41) is 5.70. The fourth-order valence-corrected chi connectivity index (χ4v) is 7.56. The normalized spacial score (nSPS) is 17.7. The molecule has 15 heteroatoms. The Morgan fingerprint density at radius 3 is 2.57 bits per heavy atom. The van der Waals surface area contributed by atoms with Crippen molar-refractivity contribution in [2.24, 2.45) is 0 Å². The van der Waals surface area contributed by atoms with E-state index in [0.29, 0.717) is 35.3 Å². The largest absolute Gasteiger partial charge is 0.493 e. The fraction of sp³-hybridized carbons (Fsp3) is 0.333. The number of hydrogen-bond donors (Lipinski definition) is 2. The number of ether oxygens (including phenoxy) is 3. The zero-order valence-electron chi connectivity index (χ0n) is 28.4. The number of nitrogens with one attached hydrogen (secondary N) is 2. The van der Waals surface area contributed by atoms with Crippen LogP contribution in [0.1, 0.15) is 18.9 Å². The maximum atomic E-state index is 14.2. The van der Waals surface area contributed by atoms with Crippen LogP contribution in [0, 0.1) is 0 Å². The van der Waals surface area contributed by atoms with Crippen LogP contribution >= 0.6 is 0 Å². The Morgan fingerprint density at radius 2 is 1.78 bits per heavy atom. The lowest BCUT2D eigenvalue weighted by molar-refractivity contribution is -0.129. The second kappa shape index (κ2) is 15.6. The molecule has 0 fully saturated rings. The van der Waals surface area contributed by atoms with Gasteiger partial charge in [0.1, 0.15) is 24.2 Å². The van der Waals surface area contributed by atoms with Gasteiger partial charge in [0.05, 0.1) is 37.4 Å². The molecule has 3 amide bonds. The molecule has 0 radical (unpaired) electrons. The van der Waals surface area contributed by atoms with Crippen LogP contribution in [-0.2, 0) is 37.4 Å². The number of imidazole rings is 1. The third-order valence-corrected chi connectivity index (χ3v) is 10.5. The number of rotatable bonds is 5. The molecule has 3 aromatic carbocycles. The van der Waals surface area contributed by atoms with E-state index in [1.165, 1.54) is 37.1 Å². The Hall–Kier alpha value is -5.41. The van der Waals surface area contributed by atoms with E-state index in [1.807, 2.05) is 47.2 Å². The Morgan fingerprint density at radius 1 is 0.980 bits per heavy atom. The van der Waals surface area contributed by atoms with Gasteiger partial charge in [0.25, 0.3) is 0 Å². The van der Waals surface area contributed by atoms with Gasteiger partial charge in [-0.1, -0.05) is 30.3 Å². The summed E-state index contributed by atoms with van der Waals surface area (Å²) < 4.78 is 48.7. The first-order valence-corrected chi connectivity index (χ1v) is 18.1. The number of amides is 3. The molecule has 3 heterocycles. The highest BCUT2D eigenvalue weighted by atomic mass is 32.2. The van der Waals surface area contributed by atoms with Gasteiger partial charge >= 0.3 is 0 Å². The lowest BCUT2D eigenvalue weighted by atomic mass is 10.1. The molecule has 4 aromatic rings. The van der Waals surface area contributed by atoms with Gasteiger partial charge in [0.2, 0.25) is 27.7 Å². The Bertz CT molecular complexity index is 2000. The predicted molar refractivity (Wildman–Crippen MR) is 188 cm³/mol. The van der Waals surface area contributed by atoms with E-state index in [-0.39, 0.29) is 56.5 Å². The van der Waals surface area contributed by atoms with Gasteiger partial charge in [-0.05, 0) is 48.4 Å². The molecule has 0 aliphatic carbocycles. The van der Waals surface area contributed by atoms with E-state index in [0.717, 1.165) is 15.4 Å². The SMILES string of the molecule is COc1ccc2cc1OCCCN(S(=O)(=O)c1ccc3c(c1)N(C(C)=O)CCO3)CC(=O)N[C@@H](Cc1ccccc1)C(=O)NCCn1ccnc1-2. The highest BCUT2D eigenvalue weighted by Crippen LogP contribution is 2.35. The van der Waals surface area contributed by atoms with Gasteiger partial charge in [-0.3, -0.25) is 14.4 Å². The molecule has 2 aliphatic heterocycles. The average Bonchev–Trinajstić information content (AvgIpc) is 3.60.